The second-order valence-electron chi connectivity index (χ2n) is 2.58. The minimum Gasteiger partial charge on any atom is -0.505 e. The Morgan fingerprint density at radius 1 is 1.46 bits per heavy atom. The van der Waals surface area contributed by atoms with Crippen molar-refractivity contribution in [3.63, 3.8) is 0 Å². The molecule has 13 heavy (non-hydrogen) atoms. The van der Waals surface area contributed by atoms with E-state index in [9.17, 15) is 5.11 Å². The quantitative estimate of drug-likeness (QED) is 0.790. The van der Waals surface area contributed by atoms with Crippen LogP contribution < -0.4 is 4.74 Å². The van der Waals surface area contributed by atoms with E-state index in [0.717, 1.165) is 15.1 Å². The minimum atomic E-state index is 0.132. The van der Waals surface area contributed by atoms with Gasteiger partial charge in [0.05, 0.1) is 16.8 Å². The van der Waals surface area contributed by atoms with Gasteiger partial charge in [-0.15, -0.1) is 0 Å². The lowest BCUT2D eigenvalue weighted by Gasteiger charge is -1.95. The van der Waals surface area contributed by atoms with Gasteiger partial charge in [0.1, 0.15) is 0 Å². The molecule has 2 nitrogen and oxygen atoms in total. The summed E-state index contributed by atoms with van der Waals surface area (Å²) in [6.45, 7) is 0. The molecule has 0 unspecified atom stereocenters. The van der Waals surface area contributed by atoms with Gasteiger partial charge in [0.25, 0.3) is 0 Å². The van der Waals surface area contributed by atoms with Gasteiger partial charge in [-0.3, -0.25) is 0 Å². The van der Waals surface area contributed by atoms with Gasteiger partial charge >= 0.3 is 0 Å². The fourth-order valence-corrected chi connectivity index (χ4v) is 2.28. The third-order valence-corrected chi connectivity index (χ3v) is 3.21. The van der Waals surface area contributed by atoms with E-state index in [-0.39, 0.29) is 5.75 Å². The van der Waals surface area contributed by atoms with Gasteiger partial charge in [0, 0.05) is 5.39 Å². The van der Waals surface area contributed by atoms with Crippen LogP contribution in [0.1, 0.15) is 0 Å². The van der Waals surface area contributed by atoms with Crippen LogP contribution >= 0.6 is 22.9 Å². The fraction of sp³-hybridized carbons (Fsp3) is 0.111. The first-order valence-corrected chi connectivity index (χ1v) is 4.87. The number of benzene rings is 1. The second-order valence-corrected chi connectivity index (χ2v) is 4.01. The number of methoxy groups -OCH3 is 1. The van der Waals surface area contributed by atoms with Crippen LogP contribution in [-0.2, 0) is 0 Å². The van der Waals surface area contributed by atoms with Crippen LogP contribution in [0.5, 0.6) is 10.8 Å². The molecule has 1 N–H and O–H groups in total. The van der Waals surface area contributed by atoms with Gasteiger partial charge in [-0.05, 0) is 12.1 Å². The molecule has 2 rings (SSSR count). The third-order valence-electron chi connectivity index (χ3n) is 1.79. The largest absolute Gasteiger partial charge is 0.505 e. The SMILES string of the molecule is COc1cc2ccc(Cl)c(O)c2s1. The Morgan fingerprint density at radius 3 is 2.92 bits per heavy atom. The standard InChI is InChI=1S/C9H7ClO2S/c1-12-7-4-5-2-3-6(10)8(11)9(5)13-7/h2-4,11H,1H3. The van der Waals surface area contributed by atoms with E-state index in [4.69, 9.17) is 16.3 Å². The molecule has 0 radical (unpaired) electrons. The highest BCUT2D eigenvalue weighted by molar-refractivity contribution is 7.21. The number of ether oxygens (including phenoxy) is 1. The van der Waals surface area contributed by atoms with Gasteiger partial charge in [-0.2, -0.15) is 0 Å². The van der Waals surface area contributed by atoms with E-state index < -0.39 is 0 Å². The molecule has 4 heteroatoms. The number of aromatic hydroxyl groups is 1. The normalized spacial score (nSPS) is 10.6. The number of phenols is 1. The highest BCUT2D eigenvalue weighted by Crippen LogP contribution is 2.40. The molecule has 68 valence electrons. The predicted octanol–water partition coefficient (Wildman–Crippen LogP) is 3.27. The fourth-order valence-electron chi connectivity index (χ4n) is 1.14. The van der Waals surface area contributed by atoms with Crippen LogP contribution in [0.3, 0.4) is 0 Å². The topological polar surface area (TPSA) is 29.5 Å². The van der Waals surface area contributed by atoms with E-state index in [0.29, 0.717) is 5.02 Å². The average Bonchev–Trinajstić information content (AvgIpc) is 2.55. The minimum absolute atomic E-state index is 0.132. The van der Waals surface area contributed by atoms with Crippen molar-refractivity contribution in [1.29, 1.82) is 0 Å². The van der Waals surface area contributed by atoms with Crippen molar-refractivity contribution >= 4 is 33.0 Å². The summed E-state index contributed by atoms with van der Waals surface area (Å²) >= 11 is 7.14. The van der Waals surface area contributed by atoms with Crippen LogP contribution in [0.2, 0.25) is 5.02 Å². The first-order chi connectivity index (χ1) is 6.22. The Bertz CT molecular complexity index is 450. The van der Waals surface area contributed by atoms with Gasteiger partial charge in [0.15, 0.2) is 10.8 Å². The van der Waals surface area contributed by atoms with Gasteiger partial charge in [0.2, 0.25) is 0 Å². The molecule has 0 bridgehead atoms. The molecule has 0 saturated carbocycles. The summed E-state index contributed by atoms with van der Waals surface area (Å²) in [5.41, 5.74) is 0. The summed E-state index contributed by atoms with van der Waals surface area (Å²) in [4.78, 5) is 0. The first kappa shape index (κ1) is 8.66. The van der Waals surface area contributed by atoms with E-state index in [1.165, 1.54) is 11.3 Å². The van der Waals surface area contributed by atoms with Crippen molar-refractivity contribution in [3.8, 4) is 10.8 Å². The lowest BCUT2D eigenvalue weighted by molar-refractivity contribution is 0.427. The molecule has 0 amide bonds. The number of fused-ring (bicyclic) bond motifs is 1. The van der Waals surface area contributed by atoms with E-state index in [1.54, 1.807) is 13.2 Å². The second kappa shape index (κ2) is 3.09. The Balaban J connectivity index is 2.76. The smallest absolute Gasteiger partial charge is 0.174 e. The molecule has 0 aliphatic heterocycles. The predicted molar refractivity (Wildman–Crippen MR) is 55.1 cm³/mol. The third kappa shape index (κ3) is 1.34. The zero-order valence-electron chi connectivity index (χ0n) is 6.87. The molecular formula is C9H7ClO2S. The number of halogens is 1. The highest BCUT2D eigenvalue weighted by Gasteiger charge is 2.08. The van der Waals surface area contributed by atoms with E-state index in [1.807, 2.05) is 12.1 Å². The Morgan fingerprint density at radius 2 is 2.23 bits per heavy atom. The number of thiophene rings is 1. The summed E-state index contributed by atoms with van der Waals surface area (Å²) in [5.74, 6) is 0.132. The molecule has 2 aromatic rings. The summed E-state index contributed by atoms with van der Waals surface area (Å²) in [6, 6.07) is 5.40. The van der Waals surface area contributed by atoms with Crippen molar-refractivity contribution in [2.24, 2.45) is 0 Å². The van der Waals surface area contributed by atoms with Crippen LogP contribution in [0.25, 0.3) is 10.1 Å². The lowest BCUT2D eigenvalue weighted by atomic mass is 10.2. The van der Waals surface area contributed by atoms with Crippen molar-refractivity contribution in [1.82, 2.24) is 0 Å². The van der Waals surface area contributed by atoms with Crippen LogP contribution in [0, 0.1) is 0 Å². The Kier molecular flexibility index (Phi) is 2.06. The summed E-state index contributed by atoms with van der Waals surface area (Å²) in [7, 11) is 1.60. The molecule has 1 aromatic heterocycles. The molecule has 0 spiro atoms. The van der Waals surface area contributed by atoms with E-state index in [2.05, 4.69) is 0 Å². The number of hydrogen-bond donors (Lipinski definition) is 1. The molecule has 0 aliphatic rings. The maximum atomic E-state index is 9.59. The van der Waals surface area contributed by atoms with Crippen LogP contribution in [-0.4, -0.2) is 12.2 Å². The Hall–Kier alpha value is -0.930. The number of phenolic OH excluding ortho intramolecular Hbond substituents is 1. The van der Waals surface area contributed by atoms with Crippen LogP contribution in [0.15, 0.2) is 18.2 Å². The van der Waals surface area contributed by atoms with Crippen molar-refractivity contribution in [2.75, 3.05) is 7.11 Å². The molecule has 0 aliphatic carbocycles. The van der Waals surface area contributed by atoms with Gasteiger partial charge in [-0.1, -0.05) is 29.0 Å². The monoisotopic (exact) mass is 214 g/mol. The molecule has 1 heterocycles. The summed E-state index contributed by atoms with van der Waals surface area (Å²) < 4.78 is 5.83. The van der Waals surface area contributed by atoms with E-state index >= 15 is 0 Å². The number of hydrogen-bond acceptors (Lipinski definition) is 3. The van der Waals surface area contributed by atoms with Gasteiger partial charge in [-0.25, -0.2) is 0 Å². The summed E-state index contributed by atoms with van der Waals surface area (Å²) in [5, 5.41) is 11.7. The molecular weight excluding hydrogens is 208 g/mol. The van der Waals surface area contributed by atoms with Crippen molar-refractivity contribution in [3.05, 3.63) is 23.2 Å². The highest BCUT2D eigenvalue weighted by atomic mass is 35.5. The zero-order valence-corrected chi connectivity index (χ0v) is 8.45. The maximum absolute atomic E-state index is 9.59. The Labute approximate surface area is 84.3 Å². The average molecular weight is 215 g/mol. The van der Waals surface area contributed by atoms with Crippen molar-refractivity contribution < 1.29 is 9.84 Å². The first-order valence-electron chi connectivity index (χ1n) is 3.67. The van der Waals surface area contributed by atoms with Crippen LogP contribution in [0.4, 0.5) is 0 Å². The number of rotatable bonds is 1. The molecule has 0 saturated heterocycles. The molecule has 0 fully saturated rings. The van der Waals surface area contributed by atoms with Gasteiger partial charge < -0.3 is 9.84 Å². The van der Waals surface area contributed by atoms with Crippen molar-refractivity contribution in [2.45, 2.75) is 0 Å². The zero-order chi connectivity index (χ0) is 9.42. The summed E-state index contributed by atoms with van der Waals surface area (Å²) in [6.07, 6.45) is 0. The molecule has 0 atom stereocenters. The maximum Gasteiger partial charge on any atom is 0.174 e. The lowest BCUT2D eigenvalue weighted by Crippen LogP contribution is -1.73. The molecule has 1 aromatic carbocycles.